The van der Waals surface area contributed by atoms with Gasteiger partial charge in [-0.3, -0.25) is 4.79 Å². The van der Waals surface area contributed by atoms with Crippen molar-refractivity contribution in [3.8, 4) is 6.07 Å². The molecule has 0 amide bonds. The number of aldehydes is 1. The van der Waals surface area contributed by atoms with Gasteiger partial charge in [-0.2, -0.15) is 10.3 Å². The highest BCUT2D eigenvalue weighted by atomic mass is 16.5. The molecule has 37 heavy (non-hydrogen) atoms. The molecule has 4 rings (SSSR count). The smallest absolute Gasteiger partial charge is 0.295 e. The second-order valence-corrected chi connectivity index (χ2v) is 7.94. The predicted molar refractivity (Wildman–Crippen MR) is 148 cm³/mol. The molecule has 0 radical (unpaired) electrons. The standard InChI is InChI=1S/C31H26N4O2/c1-2-33-31(34-30-16-10-9-11-25(30)22-32)37-29(23-36)21-24-17-19-28(20-18-24)35(26-12-5-3-6-13-26)27-14-7-4-8-15-27/h3-21,23H,2H2,1H3,(H,33,34)/b29-21+. The lowest BCUT2D eigenvalue weighted by Gasteiger charge is -2.25. The van der Waals surface area contributed by atoms with Crippen LogP contribution in [0.3, 0.4) is 0 Å². The van der Waals surface area contributed by atoms with Crippen LogP contribution in [-0.4, -0.2) is 18.9 Å². The number of nitrogens with one attached hydrogen (secondary N) is 1. The van der Waals surface area contributed by atoms with Gasteiger partial charge in [0.2, 0.25) is 0 Å². The number of hydrogen-bond acceptors (Lipinski definition) is 5. The number of carbonyl (C=O) groups excluding carboxylic acids is 1. The number of nitriles is 1. The first kappa shape index (κ1) is 25.0. The lowest BCUT2D eigenvalue weighted by atomic mass is 10.1. The minimum Gasteiger partial charge on any atom is -0.422 e. The van der Waals surface area contributed by atoms with Crippen LogP contribution in [0.4, 0.5) is 22.7 Å². The zero-order valence-electron chi connectivity index (χ0n) is 20.4. The van der Waals surface area contributed by atoms with E-state index in [1.165, 1.54) is 0 Å². The summed E-state index contributed by atoms with van der Waals surface area (Å²) >= 11 is 0. The van der Waals surface area contributed by atoms with Gasteiger partial charge >= 0.3 is 0 Å². The van der Waals surface area contributed by atoms with E-state index < -0.39 is 0 Å². The third kappa shape index (κ3) is 6.50. The average molecular weight is 487 g/mol. The maximum Gasteiger partial charge on any atom is 0.295 e. The summed E-state index contributed by atoms with van der Waals surface area (Å²) in [6.07, 6.45) is 2.28. The molecule has 0 aromatic heterocycles. The van der Waals surface area contributed by atoms with Gasteiger partial charge in [0, 0.05) is 23.6 Å². The Morgan fingerprint density at radius 3 is 2.00 bits per heavy atom. The third-order valence-corrected chi connectivity index (χ3v) is 5.39. The first-order chi connectivity index (χ1) is 18.2. The van der Waals surface area contributed by atoms with E-state index >= 15 is 0 Å². The molecule has 0 aliphatic heterocycles. The van der Waals surface area contributed by atoms with Gasteiger partial charge in [0.1, 0.15) is 6.07 Å². The van der Waals surface area contributed by atoms with Crippen molar-refractivity contribution in [2.45, 2.75) is 6.92 Å². The normalized spacial score (nSPS) is 11.4. The van der Waals surface area contributed by atoms with E-state index in [2.05, 4.69) is 45.5 Å². The number of para-hydroxylation sites is 3. The zero-order chi connectivity index (χ0) is 25.9. The minimum absolute atomic E-state index is 0.0878. The van der Waals surface area contributed by atoms with Crippen LogP contribution in [0.2, 0.25) is 0 Å². The van der Waals surface area contributed by atoms with E-state index in [9.17, 15) is 10.1 Å². The van der Waals surface area contributed by atoms with Gasteiger partial charge in [0.05, 0.1) is 11.3 Å². The Morgan fingerprint density at radius 1 is 0.865 bits per heavy atom. The van der Waals surface area contributed by atoms with Crippen molar-refractivity contribution >= 4 is 41.1 Å². The molecular weight excluding hydrogens is 460 g/mol. The fourth-order valence-electron chi connectivity index (χ4n) is 3.71. The number of rotatable bonds is 8. The molecule has 0 heterocycles. The number of nitrogens with zero attached hydrogens (tertiary/aromatic N) is 3. The van der Waals surface area contributed by atoms with E-state index in [0.29, 0.717) is 24.1 Å². The number of amidine groups is 1. The molecule has 1 N–H and O–H groups in total. The van der Waals surface area contributed by atoms with E-state index in [1.807, 2.05) is 67.6 Å². The van der Waals surface area contributed by atoms with Gasteiger partial charge in [0.25, 0.3) is 6.02 Å². The molecule has 0 aliphatic rings. The van der Waals surface area contributed by atoms with Crippen LogP contribution in [-0.2, 0) is 9.53 Å². The SMILES string of the molecule is CCN/C(=N\c1ccccc1C#N)O/C(C=O)=C/c1ccc(N(c2ccccc2)c2ccccc2)cc1. The quantitative estimate of drug-likeness (QED) is 0.0965. The number of ether oxygens (including phenoxy) is 1. The number of carbonyl (C=O) groups is 1. The van der Waals surface area contributed by atoms with Crippen molar-refractivity contribution in [2.24, 2.45) is 4.99 Å². The molecule has 0 spiro atoms. The second-order valence-electron chi connectivity index (χ2n) is 7.94. The molecule has 0 unspecified atom stereocenters. The maximum absolute atomic E-state index is 11.8. The van der Waals surface area contributed by atoms with Gasteiger partial charge in [-0.1, -0.05) is 60.7 Å². The molecule has 182 valence electrons. The van der Waals surface area contributed by atoms with Crippen molar-refractivity contribution in [2.75, 3.05) is 11.4 Å². The highest BCUT2D eigenvalue weighted by Gasteiger charge is 2.12. The Bertz CT molecular complexity index is 1380. The highest BCUT2D eigenvalue weighted by molar-refractivity contribution is 5.87. The predicted octanol–water partition coefficient (Wildman–Crippen LogP) is 6.88. The van der Waals surface area contributed by atoms with Crippen LogP contribution in [0.25, 0.3) is 6.08 Å². The number of hydrogen-bond donors (Lipinski definition) is 1. The molecule has 0 saturated carbocycles. The summed E-state index contributed by atoms with van der Waals surface area (Å²) in [6.45, 7) is 2.42. The van der Waals surface area contributed by atoms with Crippen molar-refractivity contribution in [1.29, 1.82) is 5.26 Å². The van der Waals surface area contributed by atoms with Crippen LogP contribution in [0, 0.1) is 11.3 Å². The largest absolute Gasteiger partial charge is 0.422 e. The van der Waals surface area contributed by atoms with Gasteiger partial charge in [0.15, 0.2) is 12.0 Å². The molecule has 0 bridgehead atoms. The number of anilines is 3. The molecule has 0 fully saturated rings. The van der Waals surface area contributed by atoms with Crippen molar-refractivity contribution in [3.63, 3.8) is 0 Å². The molecule has 0 aliphatic carbocycles. The van der Waals surface area contributed by atoms with Crippen LogP contribution in [0.1, 0.15) is 18.1 Å². The second kappa shape index (κ2) is 12.5. The summed E-state index contributed by atoms with van der Waals surface area (Å²) < 4.78 is 5.78. The zero-order valence-corrected chi connectivity index (χ0v) is 20.4. The fraction of sp³-hybridized carbons (Fsp3) is 0.0645. The molecule has 4 aromatic rings. The summed E-state index contributed by atoms with van der Waals surface area (Å²) in [5.41, 5.74) is 4.72. The number of aliphatic imine (C=N–C) groups is 1. The first-order valence-electron chi connectivity index (χ1n) is 11.9. The molecule has 6 heteroatoms. The summed E-state index contributed by atoms with van der Waals surface area (Å²) in [7, 11) is 0. The first-order valence-corrected chi connectivity index (χ1v) is 11.9. The van der Waals surface area contributed by atoms with Gasteiger partial charge in [-0.15, -0.1) is 0 Å². The minimum atomic E-state index is 0.0878. The van der Waals surface area contributed by atoms with E-state index in [4.69, 9.17) is 4.74 Å². The van der Waals surface area contributed by atoms with Crippen molar-refractivity contribution in [1.82, 2.24) is 5.32 Å². The Hall–Kier alpha value is -5.15. The van der Waals surface area contributed by atoms with Crippen LogP contribution in [0.15, 0.2) is 120 Å². The van der Waals surface area contributed by atoms with Gasteiger partial charge in [-0.05, 0) is 67.1 Å². The Kier molecular flexibility index (Phi) is 8.45. The average Bonchev–Trinajstić information content (AvgIpc) is 2.95. The maximum atomic E-state index is 11.8. The summed E-state index contributed by atoms with van der Waals surface area (Å²) in [4.78, 5) is 18.4. The topological polar surface area (TPSA) is 77.7 Å². The monoisotopic (exact) mass is 486 g/mol. The lowest BCUT2D eigenvalue weighted by Crippen LogP contribution is -2.25. The molecule has 0 saturated heterocycles. The third-order valence-electron chi connectivity index (χ3n) is 5.39. The number of benzene rings is 4. The molecular formula is C31H26N4O2. The Labute approximate surface area is 216 Å². The van der Waals surface area contributed by atoms with E-state index in [-0.39, 0.29) is 11.8 Å². The van der Waals surface area contributed by atoms with Crippen molar-refractivity contribution < 1.29 is 9.53 Å². The summed E-state index contributed by atoms with van der Waals surface area (Å²) in [5.74, 6) is 0.0878. The van der Waals surface area contributed by atoms with E-state index in [0.717, 1.165) is 22.6 Å². The summed E-state index contributed by atoms with van der Waals surface area (Å²) in [6, 6.07) is 37.3. The van der Waals surface area contributed by atoms with Gasteiger partial charge < -0.3 is 15.0 Å². The van der Waals surface area contributed by atoms with Crippen LogP contribution in [0.5, 0.6) is 0 Å². The van der Waals surface area contributed by atoms with Crippen LogP contribution < -0.4 is 10.2 Å². The Balaban J connectivity index is 1.61. The van der Waals surface area contributed by atoms with Gasteiger partial charge in [-0.25, -0.2) is 0 Å². The number of allylic oxidation sites excluding steroid dienone is 1. The Morgan fingerprint density at radius 2 is 1.43 bits per heavy atom. The lowest BCUT2D eigenvalue weighted by molar-refractivity contribution is -0.106. The highest BCUT2D eigenvalue weighted by Crippen LogP contribution is 2.34. The summed E-state index contributed by atoms with van der Waals surface area (Å²) in [5, 5.41) is 12.3. The molecule has 4 aromatic carbocycles. The fourth-order valence-corrected chi connectivity index (χ4v) is 3.71. The van der Waals surface area contributed by atoms with E-state index in [1.54, 1.807) is 30.3 Å². The van der Waals surface area contributed by atoms with Crippen LogP contribution >= 0.6 is 0 Å². The molecule has 6 nitrogen and oxygen atoms in total. The molecule has 0 atom stereocenters. The van der Waals surface area contributed by atoms with Crippen molar-refractivity contribution in [3.05, 3.63) is 126 Å².